The Labute approximate surface area is 287 Å². The third-order valence-electron chi connectivity index (χ3n) is 8.75. The summed E-state index contributed by atoms with van der Waals surface area (Å²) in [6.07, 6.45) is 3.52. The highest BCUT2D eigenvalue weighted by Crippen LogP contribution is 2.28. The second-order valence-electron chi connectivity index (χ2n) is 15.4. The standard InChI is InChI=1S/C38H57N5O5/c1-26(21-22-37(4,5)6)43-23-11-12-33(43)35(46)40-32-19-15-30(16-20-32)25-42(28(3)44)24-29-13-17-31(18-14-29)39-34(45)27(2)41(10)36(47)48-38(7,8)9/h13-20,26-27,33H,11-12,21-25H2,1-10H3,(H,39,45)(H,40,46). The molecule has 264 valence electrons. The summed E-state index contributed by atoms with van der Waals surface area (Å²) in [5.41, 5.74) is 2.81. The third kappa shape index (κ3) is 12.0. The number of carbonyl (C=O) groups excluding carboxylic acids is 4. The fourth-order valence-corrected chi connectivity index (χ4v) is 5.65. The summed E-state index contributed by atoms with van der Waals surface area (Å²) < 4.78 is 5.36. The number of nitrogens with one attached hydrogen (secondary N) is 2. The minimum Gasteiger partial charge on any atom is -0.444 e. The van der Waals surface area contributed by atoms with E-state index >= 15 is 0 Å². The molecule has 3 atom stereocenters. The van der Waals surface area contributed by atoms with E-state index in [1.807, 2.05) is 36.4 Å². The quantitative estimate of drug-likeness (QED) is 0.252. The first-order valence-electron chi connectivity index (χ1n) is 17.1. The van der Waals surface area contributed by atoms with Crippen LogP contribution in [0.4, 0.5) is 16.2 Å². The van der Waals surface area contributed by atoms with Crippen molar-refractivity contribution in [3.63, 3.8) is 0 Å². The van der Waals surface area contributed by atoms with Crippen LogP contribution in [-0.4, -0.2) is 75.8 Å². The summed E-state index contributed by atoms with van der Waals surface area (Å²) in [6, 6.07) is 14.5. The van der Waals surface area contributed by atoms with Crippen LogP contribution in [0.2, 0.25) is 0 Å². The number of likely N-dealkylation sites (N-methyl/N-ethyl adjacent to an activating group) is 1. The predicted molar refractivity (Wildman–Crippen MR) is 191 cm³/mol. The number of nitrogens with zero attached hydrogens (tertiary/aromatic N) is 3. The SMILES string of the molecule is CC(=O)N(Cc1ccc(NC(=O)C(C)N(C)C(=O)OC(C)(C)C)cc1)Cc1ccc(NC(=O)C2CCCN2C(C)CCC(C)(C)C)cc1. The first-order chi connectivity index (χ1) is 22.3. The summed E-state index contributed by atoms with van der Waals surface area (Å²) in [5.74, 6) is -0.365. The van der Waals surface area contributed by atoms with Gasteiger partial charge in [-0.15, -0.1) is 0 Å². The van der Waals surface area contributed by atoms with Crippen LogP contribution in [0.3, 0.4) is 0 Å². The van der Waals surface area contributed by atoms with Gasteiger partial charge in [-0.2, -0.15) is 0 Å². The number of rotatable bonds is 12. The summed E-state index contributed by atoms with van der Waals surface area (Å²) in [7, 11) is 1.53. The zero-order chi connectivity index (χ0) is 35.8. The van der Waals surface area contributed by atoms with Crippen molar-refractivity contribution in [3.05, 3.63) is 59.7 Å². The smallest absolute Gasteiger partial charge is 0.410 e. The van der Waals surface area contributed by atoms with E-state index in [-0.39, 0.29) is 29.2 Å². The topological polar surface area (TPSA) is 111 Å². The van der Waals surface area contributed by atoms with Gasteiger partial charge in [-0.05, 0) is 108 Å². The van der Waals surface area contributed by atoms with Crippen molar-refractivity contribution in [3.8, 4) is 0 Å². The highest BCUT2D eigenvalue weighted by atomic mass is 16.6. The lowest BCUT2D eigenvalue weighted by molar-refractivity contribution is -0.130. The minimum atomic E-state index is -0.739. The lowest BCUT2D eigenvalue weighted by atomic mass is 9.88. The Morgan fingerprint density at radius 3 is 1.88 bits per heavy atom. The molecule has 1 fully saturated rings. The number of anilines is 2. The van der Waals surface area contributed by atoms with Crippen molar-refractivity contribution < 1.29 is 23.9 Å². The molecule has 1 saturated heterocycles. The van der Waals surface area contributed by atoms with Crippen molar-refractivity contribution in [2.45, 2.75) is 125 Å². The Morgan fingerprint density at radius 1 is 0.875 bits per heavy atom. The number of amides is 4. The fourth-order valence-electron chi connectivity index (χ4n) is 5.65. The Hall–Kier alpha value is -3.92. The molecule has 10 nitrogen and oxygen atoms in total. The molecule has 48 heavy (non-hydrogen) atoms. The molecule has 0 spiro atoms. The van der Waals surface area contributed by atoms with Gasteiger partial charge < -0.3 is 20.3 Å². The lowest BCUT2D eigenvalue weighted by Gasteiger charge is -2.31. The van der Waals surface area contributed by atoms with Gasteiger partial charge in [0.25, 0.3) is 0 Å². The Balaban J connectivity index is 1.54. The molecule has 10 heteroatoms. The molecule has 0 bridgehead atoms. The van der Waals surface area contributed by atoms with Gasteiger partial charge in [0, 0.05) is 44.5 Å². The predicted octanol–water partition coefficient (Wildman–Crippen LogP) is 7.05. The molecule has 2 N–H and O–H groups in total. The van der Waals surface area contributed by atoms with Crippen LogP contribution < -0.4 is 10.6 Å². The zero-order valence-electron chi connectivity index (χ0n) is 30.7. The Bertz CT molecular complexity index is 1390. The van der Waals surface area contributed by atoms with E-state index in [1.54, 1.807) is 51.7 Å². The molecule has 2 aromatic carbocycles. The van der Waals surface area contributed by atoms with Crippen molar-refractivity contribution in [1.29, 1.82) is 0 Å². The third-order valence-corrected chi connectivity index (χ3v) is 8.75. The number of benzene rings is 2. The molecular weight excluding hydrogens is 606 g/mol. The van der Waals surface area contributed by atoms with Gasteiger partial charge in [0.2, 0.25) is 17.7 Å². The van der Waals surface area contributed by atoms with Gasteiger partial charge in [0.05, 0.1) is 6.04 Å². The molecular formula is C38H57N5O5. The Kier molecular flexibility index (Phi) is 13.2. The van der Waals surface area contributed by atoms with E-state index in [4.69, 9.17) is 4.74 Å². The largest absolute Gasteiger partial charge is 0.444 e. The van der Waals surface area contributed by atoms with E-state index in [1.165, 1.54) is 11.9 Å². The number of likely N-dealkylation sites (tertiary alicyclic amines) is 1. The number of hydrogen-bond acceptors (Lipinski definition) is 6. The maximum Gasteiger partial charge on any atom is 0.410 e. The van der Waals surface area contributed by atoms with Gasteiger partial charge in [0.1, 0.15) is 11.6 Å². The van der Waals surface area contributed by atoms with Crippen LogP contribution >= 0.6 is 0 Å². The van der Waals surface area contributed by atoms with E-state index in [0.717, 1.165) is 49.0 Å². The number of ether oxygens (including phenoxy) is 1. The Morgan fingerprint density at radius 2 is 1.40 bits per heavy atom. The normalized spacial score (nSPS) is 16.5. The van der Waals surface area contributed by atoms with Crippen molar-refractivity contribution >= 4 is 35.2 Å². The summed E-state index contributed by atoms with van der Waals surface area (Å²) in [4.78, 5) is 56.3. The molecule has 4 amide bonds. The minimum absolute atomic E-state index is 0.0392. The monoisotopic (exact) mass is 663 g/mol. The van der Waals surface area contributed by atoms with Crippen LogP contribution in [0.5, 0.6) is 0 Å². The second-order valence-corrected chi connectivity index (χ2v) is 15.4. The van der Waals surface area contributed by atoms with Crippen LogP contribution in [0.1, 0.15) is 99.1 Å². The van der Waals surface area contributed by atoms with Gasteiger partial charge in [-0.25, -0.2) is 4.79 Å². The molecule has 0 radical (unpaired) electrons. The molecule has 0 saturated carbocycles. The van der Waals surface area contributed by atoms with Gasteiger partial charge in [-0.3, -0.25) is 24.2 Å². The average Bonchev–Trinajstić information content (AvgIpc) is 3.50. The van der Waals surface area contributed by atoms with E-state index in [0.29, 0.717) is 24.8 Å². The van der Waals surface area contributed by atoms with E-state index < -0.39 is 17.7 Å². The maximum atomic E-state index is 13.3. The molecule has 1 heterocycles. The van der Waals surface area contributed by atoms with Crippen LogP contribution in [0.25, 0.3) is 0 Å². The van der Waals surface area contributed by atoms with Gasteiger partial charge in [-0.1, -0.05) is 45.0 Å². The number of carbonyl (C=O) groups is 4. The maximum absolute atomic E-state index is 13.3. The summed E-state index contributed by atoms with van der Waals surface area (Å²) in [6.45, 7) is 19.3. The van der Waals surface area contributed by atoms with Crippen LogP contribution in [-0.2, 0) is 32.2 Å². The first kappa shape index (κ1) is 38.5. The van der Waals surface area contributed by atoms with Gasteiger partial charge in [0.15, 0.2) is 0 Å². The first-order valence-corrected chi connectivity index (χ1v) is 17.1. The van der Waals surface area contributed by atoms with Crippen LogP contribution in [0, 0.1) is 5.41 Å². The van der Waals surface area contributed by atoms with Crippen molar-refractivity contribution in [2.75, 3.05) is 24.2 Å². The highest BCUT2D eigenvalue weighted by Gasteiger charge is 2.34. The molecule has 1 aliphatic heterocycles. The van der Waals surface area contributed by atoms with Crippen molar-refractivity contribution in [2.24, 2.45) is 5.41 Å². The molecule has 3 rings (SSSR count). The van der Waals surface area contributed by atoms with E-state index in [9.17, 15) is 19.2 Å². The molecule has 2 aromatic rings. The summed E-state index contributed by atoms with van der Waals surface area (Å²) >= 11 is 0. The second kappa shape index (κ2) is 16.5. The molecule has 3 unspecified atom stereocenters. The molecule has 0 aliphatic carbocycles. The zero-order valence-corrected chi connectivity index (χ0v) is 30.7. The van der Waals surface area contributed by atoms with Crippen LogP contribution in [0.15, 0.2) is 48.5 Å². The van der Waals surface area contributed by atoms with E-state index in [2.05, 4.69) is 43.2 Å². The molecule has 1 aliphatic rings. The lowest BCUT2D eigenvalue weighted by Crippen LogP contribution is -2.45. The molecule has 0 aromatic heterocycles. The average molecular weight is 664 g/mol. The van der Waals surface area contributed by atoms with Gasteiger partial charge >= 0.3 is 6.09 Å². The number of hydrogen-bond donors (Lipinski definition) is 2. The van der Waals surface area contributed by atoms with Crippen molar-refractivity contribution in [1.82, 2.24) is 14.7 Å². The summed E-state index contributed by atoms with van der Waals surface area (Å²) in [5, 5.41) is 5.95. The fraction of sp³-hybridized carbons (Fsp3) is 0.579. The highest BCUT2D eigenvalue weighted by molar-refractivity contribution is 5.96.